The molecule has 1 aromatic carbocycles. The van der Waals surface area contributed by atoms with E-state index in [1.165, 1.54) is 16.7 Å². The number of rotatable bonds is 4. The summed E-state index contributed by atoms with van der Waals surface area (Å²) in [5.41, 5.74) is 4.04. The molecule has 3 nitrogen and oxygen atoms in total. The largest absolute Gasteiger partial charge is 0.493 e. The summed E-state index contributed by atoms with van der Waals surface area (Å²) in [5, 5.41) is 3.20. The molecular weight excluding hydrogens is 294 g/mol. The molecule has 0 saturated carbocycles. The van der Waals surface area contributed by atoms with Crippen molar-refractivity contribution in [2.45, 2.75) is 25.7 Å². The van der Waals surface area contributed by atoms with Crippen molar-refractivity contribution in [3.05, 3.63) is 21.2 Å². The van der Waals surface area contributed by atoms with Gasteiger partial charge in [-0.1, -0.05) is 0 Å². The van der Waals surface area contributed by atoms with E-state index in [1.54, 1.807) is 0 Å². The van der Waals surface area contributed by atoms with Gasteiger partial charge in [-0.15, -0.1) is 0 Å². The molecule has 0 atom stereocenters. The predicted octanol–water partition coefficient (Wildman–Crippen LogP) is 2.47. The lowest BCUT2D eigenvalue weighted by molar-refractivity contribution is 0.352. The molecule has 0 aliphatic carbocycles. The molecule has 1 aromatic rings. The molecule has 2 heterocycles. The number of hydrogen-bond acceptors (Lipinski definition) is 3. The van der Waals surface area contributed by atoms with Crippen molar-refractivity contribution in [1.29, 1.82) is 0 Å². The second-order valence-corrected chi connectivity index (χ2v) is 5.60. The van der Waals surface area contributed by atoms with Crippen molar-refractivity contribution in [1.82, 2.24) is 5.32 Å². The molecule has 0 aromatic heterocycles. The van der Waals surface area contributed by atoms with Crippen LogP contribution in [-0.4, -0.2) is 26.8 Å². The number of benzene rings is 1. The Hall–Kier alpha value is -0.740. The normalized spacial score (nSPS) is 16.1. The van der Waals surface area contributed by atoms with Crippen LogP contribution >= 0.6 is 15.9 Å². The van der Waals surface area contributed by atoms with Crippen LogP contribution < -0.4 is 14.8 Å². The number of halogens is 1. The fourth-order valence-corrected chi connectivity index (χ4v) is 3.59. The molecule has 2 aliphatic rings. The number of fused-ring (bicyclic) bond motifs is 2. The molecule has 0 unspecified atom stereocenters. The average Bonchev–Trinajstić information content (AvgIpc) is 3.02. The Morgan fingerprint density at radius 1 is 1.11 bits per heavy atom. The minimum Gasteiger partial charge on any atom is -0.493 e. The van der Waals surface area contributed by atoms with Crippen molar-refractivity contribution in [3.63, 3.8) is 0 Å². The van der Waals surface area contributed by atoms with Crippen LogP contribution in [0.2, 0.25) is 0 Å². The number of ether oxygens (including phenoxy) is 2. The van der Waals surface area contributed by atoms with E-state index >= 15 is 0 Å². The molecule has 18 heavy (non-hydrogen) atoms. The van der Waals surface area contributed by atoms with Gasteiger partial charge in [-0.25, -0.2) is 0 Å². The van der Waals surface area contributed by atoms with E-state index in [2.05, 4.69) is 21.2 Å². The highest BCUT2D eigenvalue weighted by atomic mass is 79.9. The SMILES string of the molecule is CNCCCc1c2c(c(Br)c3c1OCC3)OCC2. The summed E-state index contributed by atoms with van der Waals surface area (Å²) in [6, 6.07) is 0. The maximum Gasteiger partial charge on any atom is 0.137 e. The summed E-state index contributed by atoms with van der Waals surface area (Å²) in [6.45, 7) is 2.65. The highest BCUT2D eigenvalue weighted by Crippen LogP contribution is 2.47. The van der Waals surface area contributed by atoms with Gasteiger partial charge < -0.3 is 14.8 Å². The minimum absolute atomic E-state index is 0.801. The number of nitrogens with one attached hydrogen (secondary N) is 1. The van der Waals surface area contributed by atoms with Gasteiger partial charge in [-0.3, -0.25) is 0 Å². The van der Waals surface area contributed by atoms with Crippen LogP contribution in [-0.2, 0) is 19.3 Å². The first kappa shape index (κ1) is 12.3. The second kappa shape index (κ2) is 5.10. The first-order valence-corrected chi connectivity index (χ1v) is 7.38. The van der Waals surface area contributed by atoms with E-state index in [4.69, 9.17) is 9.47 Å². The van der Waals surface area contributed by atoms with Crippen LogP contribution in [0.1, 0.15) is 23.1 Å². The molecular formula is C14H18BrNO2. The van der Waals surface area contributed by atoms with E-state index in [1.807, 2.05) is 7.05 Å². The predicted molar refractivity (Wildman–Crippen MR) is 74.8 cm³/mol. The molecule has 98 valence electrons. The highest BCUT2D eigenvalue weighted by Gasteiger charge is 2.29. The fraction of sp³-hybridized carbons (Fsp3) is 0.571. The molecule has 0 spiro atoms. The first-order chi connectivity index (χ1) is 8.83. The minimum atomic E-state index is 0.801. The number of hydrogen-bond donors (Lipinski definition) is 1. The van der Waals surface area contributed by atoms with Crippen molar-refractivity contribution in [3.8, 4) is 11.5 Å². The molecule has 2 aliphatic heterocycles. The zero-order chi connectivity index (χ0) is 12.5. The quantitative estimate of drug-likeness (QED) is 0.867. The summed E-state index contributed by atoms with van der Waals surface area (Å²) in [5.74, 6) is 2.20. The van der Waals surface area contributed by atoms with Crippen LogP contribution in [0.15, 0.2) is 4.47 Å². The average molecular weight is 312 g/mol. The molecule has 1 N–H and O–H groups in total. The van der Waals surface area contributed by atoms with E-state index in [-0.39, 0.29) is 0 Å². The van der Waals surface area contributed by atoms with Crippen LogP contribution in [0.4, 0.5) is 0 Å². The summed E-state index contributed by atoms with van der Waals surface area (Å²) < 4.78 is 12.8. The molecule has 0 radical (unpaired) electrons. The molecule has 0 saturated heterocycles. The topological polar surface area (TPSA) is 30.5 Å². The molecule has 0 bridgehead atoms. The van der Waals surface area contributed by atoms with Gasteiger partial charge in [0.25, 0.3) is 0 Å². The molecule has 0 amide bonds. The Morgan fingerprint density at radius 2 is 1.83 bits per heavy atom. The standard InChI is InChI=1S/C14H18BrNO2/c1-16-6-2-3-9-10-4-7-18-14(10)12(15)11-5-8-17-13(9)11/h16H,2-8H2,1H3. The van der Waals surface area contributed by atoms with Gasteiger partial charge in [0, 0.05) is 29.5 Å². The van der Waals surface area contributed by atoms with Crippen LogP contribution in [0.5, 0.6) is 11.5 Å². The van der Waals surface area contributed by atoms with Gasteiger partial charge in [0.05, 0.1) is 17.7 Å². The van der Waals surface area contributed by atoms with Gasteiger partial charge in [-0.2, -0.15) is 0 Å². The summed E-state index contributed by atoms with van der Waals surface area (Å²) in [6.07, 6.45) is 4.22. The zero-order valence-electron chi connectivity index (χ0n) is 10.6. The van der Waals surface area contributed by atoms with Gasteiger partial charge in [0.2, 0.25) is 0 Å². The summed E-state index contributed by atoms with van der Waals surface area (Å²) in [7, 11) is 2.00. The van der Waals surface area contributed by atoms with E-state index < -0.39 is 0 Å². The second-order valence-electron chi connectivity index (χ2n) is 4.81. The van der Waals surface area contributed by atoms with Gasteiger partial charge in [0.1, 0.15) is 11.5 Å². The Balaban J connectivity index is 2.01. The van der Waals surface area contributed by atoms with Crippen LogP contribution in [0.25, 0.3) is 0 Å². The summed E-state index contributed by atoms with van der Waals surface area (Å²) >= 11 is 3.68. The Bertz CT molecular complexity index is 438. The smallest absolute Gasteiger partial charge is 0.137 e. The van der Waals surface area contributed by atoms with Crippen molar-refractivity contribution >= 4 is 15.9 Å². The molecule has 0 fully saturated rings. The van der Waals surface area contributed by atoms with Crippen molar-refractivity contribution in [2.24, 2.45) is 0 Å². The van der Waals surface area contributed by atoms with Crippen LogP contribution in [0.3, 0.4) is 0 Å². The maximum absolute atomic E-state index is 5.86. The molecule has 4 heteroatoms. The lowest BCUT2D eigenvalue weighted by atomic mass is 9.96. The Labute approximate surface area is 116 Å². The summed E-state index contributed by atoms with van der Waals surface area (Å²) in [4.78, 5) is 0. The van der Waals surface area contributed by atoms with E-state index in [0.29, 0.717) is 0 Å². The molecule has 3 rings (SSSR count). The van der Waals surface area contributed by atoms with Gasteiger partial charge in [0.15, 0.2) is 0 Å². The van der Waals surface area contributed by atoms with Gasteiger partial charge in [-0.05, 0) is 42.4 Å². The Kier molecular flexibility index (Phi) is 3.48. The lowest BCUT2D eigenvalue weighted by Gasteiger charge is -2.14. The van der Waals surface area contributed by atoms with Crippen molar-refractivity contribution < 1.29 is 9.47 Å². The Morgan fingerprint density at radius 3 is 2.61 bits per heavy atom. The highest BCUT2D eigenvalue weighted by molar-refractivity contribution is 9.10. The third kappa shape index (κ3) is 1.91. The van der Waals surface area contributed by atoms with Crippen molar-refractivity contribution in [2.75, 3.05) is 26.8 Å². The third-order valence-electron chi connectivity index (χ3n) is 3.70. The monoisotopic (exact) mass is 311 g/mol. The van der Waals surface area contributed by atoms with Gasteiger partial charge >= 0.3 is 0 Å². The van der Waals surface area contributed by atoms with E-state index in [9.17, 15) is 0 Å². The first-order valence-electron chi connectivity index (χ1n) is 6.59. The zero-order valence-corrected chi connectivity index (χ0v) is 12.2. The fourth-order valence-electron chi connectivity index (χ4n) is 2.85. The maximum atomic E-state index is 5.86. The third-order valence-corrected chi connectivity index (χ3v) is 4.54. The van der Waals surface area contributed by atoms with E-state index in [0.717, 1.165) is 61.4 Å². The lowest BCUT2D eigenvalue weighted by Crippen LogP contribution is -2.09. The van der Waals surface area contributed by atoms with Crippen LogP contribution in [0, 0.1) is 0 Å².